The van der Waals surface area contributed by atoms with Crippen LogP contribution >= 0.6 is 0 Å². The Labute approximate surface area is 316 Å². The van der Waals surface area contributed by atoms with E-state index >= 15 is 0 Å². The standard InChI is InChI=1S/C53H30O2/c1-5-13-45-36(9-1)37-10-2-6-14-46(37)53(45)47-28-33(35-22-25-42-40-12-4-8-16-49(40)55-51(42)30-35)20-23-38(47)43-26-19-31-17-18-32(27-44(31)52(43)53)34-21-24-41-39-11-3-7-15-48(39)54-50(41)29-34/h1-30H. The molecule has 2 heterocycles. The lowest BCUT2D eigenvalue weighted by Crippen LogP contribution is -2.26. The van der Waals surface area contributed by atoms with Crippen molar-refractivity contribution in [1.29, 1.82) is 0 Å². The average molecular weight is 699 g/mol. The van der Waals surface area contributed by atoms with Gasteiger partial charge in [0.15, 0.2) is 0 Å². The Morgan fingerprint density at radius 3 is 1.40 bits per heavy atom. The summed E-state index contributed by atoms with van der Waals surface area (Å²) in [5.74, 6) is 0. The van der Waals surface area contributed by atoms with Crippen LogP contribution < -0.4 is 0 Å². The molecule has 0 amide bonds. The van der Waals surface area contributed by atoms with E-state index in [0.717, 1.165) is 55.0 Å². The molecule has 0 saturated heterocycles. The maximum Gasteiger partial charge on any atom is 0.136 e. The third-order valence-electron chi connectivity index (χ3n) is 12.5. The molecule has 0 bridgehead atoms. The van der Waals surface area contributed by atoms with Crippen molar-refractivity contribution in [3.8, 4) is 44.5 Å². The van der Waals surface area contributed by atoms with Crippen LogP contribution in [-0.2, 0) is 5.41 Å². The van der Waals surface area contributed by atoms with E-state index in [-0.39, 0.29) is 0 Å². The second kappa shape index (κ2) is 10.5. The highest BCUT2D eigenvalue weighted by atomic mass is 16.3. The van der Waals surface area contributed by atoms with Gasteiger partial charge in [-0.25, -0.2) is 0 Å². The number of rotatable bonds is 2. The monoisotopic (exact) mass is 698 g/mol. The Balaban J connectivity index is 1.08. The highest BCUT2D eigenvalue weighted by Crippen LogP contribution is 2.64. The SMILES string of the molecule is c1ccc2c(c1)-c1ccccc1C21c2cc(-c3ccc4c(c3)oc3ccccc34)ccc2-c2ccc3ccc(-c4ccc5c(c4)oc4ccccc45)cc3c21. The van der Waals surface area contributed by atoms with Gasteiger partial charge in [-0.15, -0.1) is 0 Å². The van der Waals surface area contributed by atoms with Crippen molar-refractivity contribution < 1.29 is 8.83 Å². The number of furan rings is 2. The predicted octanol–water partition coefficient (Wildman–Crippen LogP) is 14.3. The van der Waals surface area contributed by atoms with Crippen LogP contribution in [0.5, 0.6) is 0 Å². The lowest BCUT2D eigenvalue weighted by molar-refractivity contribution is 0.668. The van der Waals surface area contributed by atoms with Gasteiger partial charge in [0.25, 0.3) is 0 Å². The molecular formula is C53H30O2. The molecule has 2 nitrogen and oxygen atoms in total. The molecule has 55 heavy (non-hydrogen) atoms. The molecule has 0 aliphatic heterocycles. The number of benzene rings is 9. The molecule has 254 valence electrons. The molecule has 2 heteroatoms. The van der Waals surface area contributed by atoms with Crippen molar-refractivity contribution in [3.63, 3.8) is 0 Å². The number of hydrogen-bond acceptors (Lipinski definition) is 2. The molecule has 9 aromatic carbocycles. The zero-order valence-electron chi connectivity index (χ0n) is 29.6. The van der Waals surface area contributed by atoms with E-state index in [1.165, 1.54) is 66.4 Å². The van der Waals surface area contributed by atoms with E-state index < -0.39 is 5.41 Å². The smallest absolute Gasteiger partial charge is 0.136 e. The third kappa shape index (κ3) is 3.78. The fourth-order valence-electron chi connectivity index (χ4n) is 10.1. The predicted molar refractivity (Wildman–Crippen MR) is 226 cm³/mol. The highest BCUT2D eigenvalue weighted by Gasteiger charge is 2.52. The van der Waals surface area contributed by atoms with Gasteiger partial charge in [0.1, 0.15) is 22.3 Å². The van der Waals surface area contributed by atoms with Crippen LogP contribution in [0.4, 0.5) is 0 Å². The Bertz CT molecular complexity index is 3400. The van der Waals surface area contributed by atoms with Gasteiger partial charge in [-0.1, -0.05) is 133 Å². The van der Waals surface area contributed by atoms with Crippen LogP contribution in [0.15, 0.2) is 191 Å². The number of para-hydroxylation sites is 2. The summed E-state index contributed by atoms with van der Waals surface area (Å²) in [6.07, 6.45) is 0. The van der Waals surface area contributed by atoms with Crippen LogP contribution in [0.1, 0.15) is 22.3 Å². The average Bonchev–Trinajstić information content (AvgIpc) is 3.97. The largest absolute Gasteiger partial charge is 0.456 e. The maximum atomic E-state index is 6.37. The van der Waals surface area contributed by atoms with Crippen molar-refractivity contribution in [3.05, 3.63) is 204 Å². The van der Waals surface area contributed by atoms with Crippen LogP contribution in [-0.4, -0.2) is 0 Å². The second-order valence-electron chi connectivity index (χ2n) is 15.1. The van der Waals surface area contributed by atoms with Gasteiger partial charge < -0.3 is 8.83 Å². The maximum absolute atomic E-state index is 6.37. The molecule has 1 spiro atoms. The molecule has 0 N–H and O–H groups in total. The van der Waals surface area contributed by atoms with Crippen LogP contribution in [0, 0.1) is 0 Å². The summed E-state index contributed by atoms with van der Waals surface area (Å²) >= 11 is 0. The van der Waals surface area contributed by atoms with E-state index in [2.05, 4.69) is 158 Å². The summed E-state index contributed by atoms with van der Waals surface area (Å²) in [7, 11) is 0. The summed E-state index contributed by atoms with van der Waals surface area (Å²) in [4.78, 5) is 0. The van der Waals surface area contributed by atoms with E-state index in [0.29, 0.717) is 0 Å². The molecule has 0 atom stereocenters. The zero-order valence-corrected chi connectivity index (χ0v) is 29.6. The van der Waals surface area contributed by atoms with Gasteiger partial charge >= 0.3 is 0 Å². The summed E-state index contributed by atoms with van der Waals surface area (Å²) in [5, 5.41) is 7.09. The van der Waals surface area contributed by atoms with Crippen LogP contribution in [0.3, 0.4) is 0 Å². The summed E-state index contributed by atoms with van der Waals surface area (Å²) in [6, 6.07) is 66.8. The van der Waals surface area contributed by atoms with Gasteiger partial charge in [0.05, 0.1) is 5.41 Å². The summed E-state index contributed by atoms with van der Waals surface area (Å²) in [6.45, 7) is 0. The Morgan fingerprint density at radius 1 is 0.291 bits per heavy atom. The number of fused-ring (bicyclic) bond motifs is 18. The highest BCUT2D eigenvalue weighted by molar-refractivity contribution is 6.09. The van der Waals surface area contributed by atoms with Gasteiger partial charge in [-0.3, -0.25) is 0 Å². The first-order valence-corrected chi connectivity index (χ1v) is 19.0. The van der Waals surface area contributed by atoms with Crippen molar-refractivity contribution >= 4 is 54.6 Å². The minimum Gasteiger partial charge on any atom is -0.456 e. The number of hydrogen-bond donors (Lipinski definition) is 0. The lowest BCUT2D eigenvalue weighted by atomic mass is 9.69. The minimum atomic E-state index is -0.502. The first kappa shape index (κ1) is 29.3. The molecular weight excluding hydrogens is 669 g/mol. The molecule has 2 aliphatic rings. The molecule has 0 saturated carbocycles. The molecule has 2 aromatic heterocycles. The Kier molecular flexibility index (Phi) is 5.59. The van der Waals surface area contributed by atoms with Gasteiger partial charge in [-0.05, 0) is 126 Å². The molecule has 13 rings (SSSR count). The Hall–Kier alpha value is -7.16. The van der Waals surface area contributed by atoms with Crippen molar-refractivity contribution in [2.75, 3.05) is 0 Å². The quantitative estimate of drug-likeness (QED) is 0.180. The van der Waals surface area contributed by atoms with Crippen molar-refractivity contribution in [2.24, 2.45) is 0 Å². The van der Waals surface area contributed by atoms with E-state index in [1.54, 1.807) is 0 Å². The van der Waals surface area contributed by atoms with E-state index in [4.69, 9.17) is 8.83 Å². The van der Waals surface area contributed by atoms with E-state index in [1.807, 2.05) is 24.3 Å². The minimum absolute atomic E-state index is 0.502. The third-order valence-corrected chi connectivity index (χ3v) is 12.5. The van der Waals surface area contributed by atoms with Crippen LogP contribution in [0.25, 0.3) is 99.2 Å². The van der Waals surface area contributed by atoms with Crippen molar-refractivity contribution in [1.82, 2.24) is 0 Å². The first-order chi connectivity index (χ1) is 27.2. The lowest BCUT2D eigenvalue weighted by Gasteiger charge is -2.32. The van der Waals surface area contributed by atoms with E-state index in [9.17, 15) is 0 Å². The fraction of sp³-hybridized carbons (Fsp3) is 0.0189. The molecule has 0 fully saturated rings. The molecule has 2 aliphatic carbocycles. The molecule has 11 aromatic rings. The zero-order chi connectivity index (χ0) is 35.8. The van der Waals surface area contributed by atoms with Crippen LogP contribution in [0.2, 0.25) is 0 Å². The summed E-state index contributed by atoms with van der Waals surface area (Å²) in [5.41, 5.74) is 18.3. The first-order valence-electron chi connectivity index (χ1n) is 19.0. The topological polar surface area (TPSA) is 26.3 Å². The normalized spacial score (nSPS) is 13.6. The molecule has 0 radical (unpaired) electrons. The van der Waals surface area contributed by atoms with Gasteiger partial charge in [-0.2, -0.15) is 0 Å². The van der Waals surface area contributed by atoms with Gasteiger partial charge in [0.2, 0.25) is 0 Å². The Morgan fingerprint density at radius 2 is 0.745 bits per heavy atom. The van der Waals surface area contributed by atoms with Gasteiger partial charge in [0, 0.05) is 21.5 Å². The van der Waals surface area contributed by atoms with Crippen molar-refractivity contribution in [2.45, 2.75) is 5.41 Å². The fourth-order valence-corrected chi connectivity index (χ4v) is 10.1. The second-order valence-corrected chi connectivity index (χ2v) is 15.1. The summed E-state index contributed by atoms with van der Waals surface area (Å²) < 4.78 is 12.7. The molecule has 0 unspecified atom stereocenters.